The fraction of sp³-hybridized carbons (Fsp3) is 0.571. The number of aryl methyl sites for hydroxylation is 1. The van der Waals surface area contributed by atoms with Crippen LogP contribution < -0.4 is 5.32 Å². The maximum Gasteiger partial charge on any atom is 0.347 e. The van der Waals surface area contributed by atoms with Crippen molar-refractivity contribution in [2.75, 3.05) is 14.1 Å². The zero-order valence-electron chi connectivity index (χ0n) is 13.2. The smallest absolute Gasteiger partial charge is 0.347 e. The minimum atomic E-state index is -1.01. The van der Waals surface area contributed by atoms with Gasteiger partial charge in [0.2, 0.25) is 11.8 Å². The molecule has 122 valence electrons. The molecule has 0 spiro atoms. The van der Waals surface area contributed by atoms with Crippen LogP contribution >= 0.6 is 11.3 Å². The second-order valence-electron chi connectivity index (χ2n) is 5.20. The summed E-state index contributed by atoms with van der Waals surface area (Å²) in [6.45, 7) is 3.39. The Balaban J connectivity index is 2.49. The van der Waals surface area contributed by atoms with Crippen molar-refractivity contribution in [1.82, 2.24) is 15.2 Å². The number of aromatic nitrogens is 1. The number of amides is 2. The fourth-order valence-corrected chi connectivity index (χ4v) is 2.71. The number of rotatable bonds is 7. The second kappa shape index (κ2) is 7.88. The third-order valence-electron chi connectivity index (χ3n) is 3.05. The number of nitrogens with zero attached hydrogens (tertiary/aromatic N) is 2. The highest BCUT2D eigenvalue weighted by Crippen LogP contribution is 2.23. The van der Waals surface area contributed by atoms with Crippen LogP contribution in [0.5, 0.6) is 0 Å². The maximum atomic E-state index is 11.8. The van der Waals surface area contributed by atoms with Gasteiger partial charge >= 0.3 is 5.97 Å². The van der Waals surface area contributed by atoms with Gasteiger partial charge in [0.1, 0.15) is 9.88 Å². The van der Waals surface area contributed by atoms with Crippen LogP contribution in [0.15, 0.2) is 0 Å². The van der Waals surface area contributed by atoms with Gasteiger partial charge in [0.15, 0.2) is 0 Å². The molecule has 1 heterocycles. The quantitative estimate of drug-likeness (QED) is 0.792. The molecule has 7 nitrogen and oxygen atoms in total. The first-order chi connectivity index (χ1) is 10.2. The Morgan fingerprint density at radius 1 is 1.32 bits per heavy atom. The standard InChI is InChI=1S/C14H21N3O4S/c1-8-12(14(20)21)22-13(16-8)9(2)15-10(18)6-5-7-11(19)17(3)4/h9H,5-7H2,1-4H3,(H,15,18)(H,20,21). The molecule has 1 atom stereocenters. The van der Waals surface area contributed by atoms with Gasteiger partial charge in [-0.1, -0.05) is 0 Å². The van der Waals surface area contributed by atoms with Crippen molar-refractivity contribution in [3.63, 3.8) is 0 Å². The van der Waals surface area contributed by atoms with Crippen molar-refractivity contribution in [1.29, 1.82) is 0 Å². The number of hydrogen-bond acceptors (Lipinski definition) is 5. The first-order valence-electron chi connectivity index (χ1n) is 6.92. The van der Waals surface area contributed by atoms with E-state index in [2.05, 4.69) is 10.3 Å². The summed E-state index contributed by atoms with van der Waals surface area (Å²) in [5.74, 6) is -1.20. The Morgan fingerprint density at radius 2 is 1.95 bits per heavy atom. The molecule has 0 saturated carbocycles. The summed E-state index contributed by atoms with van der Waals surface area (Å²) >= 11 is 1.06. The number of carbonyl (C=O) groups is 3. The summed E-state index contributed by atoms with van der Waals surface area (Å²) in [5.41, 5.74) is 0.449. The third-order valence-corrected chi connectivity index (χ3v) is 4.38. The summed E-state index contributed by atoms with van der Waals surface area (Å²) in [6, 6.07) is -0.353. The number of carboxylic acids is 1. The average Bonchev–Trinajstić information content (AvgIpc) is 2.80. The van der Waals surface area contributed by atoms with E-state index in [1.54, 1.807) is 27.9 Å². The molecule has 0 aliphatic rings. The van der Waals surface area contributed by atoms with Crippen molar-refractivity contribution < 1.29 is 19.5 Å². The summed E-state index contributed by atoms with van der Waals surface area (Å²) in [4.78, 5) is 40.1. The summed E-state index contributed by atoms with van der Waals surface area (Å²) in [7, 11) is 3.35. The van der Waals surface area contributed by atoms with E-state index in [1.807, 2.05) is 0 Å². The van der Waals surface area contributed by atoms with E-state index in [4.69, 9.17) is 5.11 Å². The van der Waals surface area contributed by atoms with E-state index in [1.165, 1.54) is 4.90 Å². The lowest BCUT2D eigenvalue weighted by atomic mass is 10.2. The number of carbonyl (C=O) groups excluding carboxylic acids is 2. The lowest BCUT2D eigenvalue weighted by Gasteiger charge is -2.12. The molecule has 2 N–H and O–H groups in total. The first kappa shape index (κ1) is 18.1. The number of hydrogen-bond donors (Lipinski definition) is 2. The third kappa shape index (κ3) is 5.10. The zero-order valence-corrected chi connectivity index (χ0v) is 14.0. The van der Waals surface area contributed by atoms with E-state index in [0.29, 0.717) is 23.5 Å². The normalized spacial score (nSPS) is 11.8. The van der Waals surface area contributed by atoms with Gasteiger partial charge < -0.3 is 15.3 Å². The Bertz CT molecular complexity index is 568. The minimum absolute atomic E-state index is 0.0116. The Labute approximate surface area is 133 Å². The second-order valence-corrected chi connectivity index (χ2v) is 6.23. The molecule has 1 unspecified atom stereocenters. The topological polar surface area (TPSA) is 99.6 Å². The molecule has 1 rings (SSSR count). The van der Waals surface area contributed by atoms with Gasteiger partial charge in [-0.05, 0) is 20.3 Å². The summed E-state index contributed by atoms with van der Waals surface area (Å²) < 4.78 is 0. The Hall–Kier alpha value is -1.96. The van der Waals surface area contributed by atoms with Gasteiger partial charge in [0.05, 0.1) is 11.7 Å². The van der Waals surface area contributed by atoms with Gasteiger partial charge in [-0.25, -0.2) is 9.78 Å². The summed E-state index contributed by atoms with van der Waals surface area (Å²) in [5, 5.41) is 12.3. The first-order valence-corrected chi connectivity index (χ1v) is 7.74. The number of thiazole rings is 1. The van der Waals surface area contributed by atoms with E-state index >= 15 is 0 Å². The highest BCUT2D eigenvalue weighted by Gasteiger charge is 2.19. The molecule has 0 bridgehead atoms. The van der Waals surface area contributed by atoms with Crippen LogP contribution in [-0.4, -0.2) is 46.9 Å². The molecule has 0 aliphatic heterocycles. The molecule has 0 aromatic carbocycles. The van der Waals surface area contributed by atoms with Crippen LogP contribution in [0.25, 0.3) is 0 Å². The van der Waals surface area contributed by atoms with Crippen molar-refractivity contribution >= 4 is 29.1 Å². The van der Waals surface area contributed by atoms with E-state index < -0.39 is 5.97 Å². The van der Waals surface area contributed by atoms with Gasteiger partial charge in [0, 0.05) is 26.9 Å². The van der Waals surface area contributed by atoms with Gasteiger partial charge in [0.25, 0.3) is 0 Å². The van der Waals surface area contributed by atoms with Crippen LogP contribution in [0.2, 0.25) is 0 Å². The lowest BCUT2D eigenvalue weighted by molar-refractivity contribution is -0.129. The lowest BCUT2D eigenvalue weighted by Crippen LogP contribution is -2.27. The fourth-order valence-electron chi connectivity index (χ4n) is 1.80. The molecular weight excluding hydrogens is 306 g/mol. The van der Waals surface area contributed by atoms with Crippen LogP contribution in [0.3, 0.4) is 0 Å². The van der Waals surface area contributed by atoms with Gasteiger partial charge in [-0.3, -0.25) is 9.59 Å². The van der Waals surface area contributed by atoms with Crippen molar-refractivity contribution in [3.05, 3.63) is 15.6 Å². The van der Waals surface area contributed by atoms with Gasteiger partial charge in [-0.15, -0.1) is 11.3 Å². The minimum Gasteiger partial charge on any atom is -0.477 e. The number of aromatic carboxylic acids is 1. The molecule has 0 aliphatic carbocycles. The molecule has 2 amide bonds. The van der Waals surface area contributed by atoms with Crippen LogP contribution in [0, 0.1) is 6.92 Å². The summed E-state index contributed by atoms with van der Waals surface area (Å²) in [6.07, 6.45) is 1.06. The maximum absolute atomic E-state index is 11.8. The predicted molar refractivity (Wildman–Crippen MR) is 82.9 cm³/mol. The molecule has 0 saturated heterocycles. The van der Waals surface area contributed by atoms with E-state index in [-0.39, 0.29) is 29.2 Å². The number of carboxylic acid groups (broad SMARTS) is 1. The van der Waals surface area contributed by atoms with Crippen molar-refractivity contribution in [2.24, 2.45) is 0 Å². The zero-order chi connectivity index (χ0) is 16.9. The molecule has 0 fully saturated rings. The number of nitrogens with one attached hydrogen (secondary N) is 1. The Kier molecular flexibility index (Phi) is 6.48. The molecular formula is C14H21N3O4S. The highest BCUT2D eigenvalue weighted by atomic mass is 32.1. The predicted octanol–water partition coefficient (Wildman–Crippen LogP) is 1.59. The van der Waals surface area contributed by atoms with Crippen LogP contribution in [0.4, 0.5) is 0 Å². The van der Waals surface area contributed by atoms with Crippen LogP contribution in [0.1, 0.15) is 52.6 Å². The average molecular weight is 327 g/mol. The monoisotopic (exact) mass is 327 g/mol. The molecule has 8 heteroatoms. The Morgan fingerprint density at radius 3 is 2.45 bits per heavy atom. The SMILES string of the molecule is Cc1nc(C(C)NC(=O)CCCC(=O)N(C)C)sc1C(=O)O. The highest BCUT2D eigenvalue weighted by molar-refractivity contribution is 7.13. The molecule has 0 radical (unpaired) electrons. The van der Waals surface area contributed by atoms with E-state index in [0.717, 1.165) is 11.3 Å². The van der Waals surface area contributed by atoms with Crippen LogP contribution in [-0.2, 0) is 9.59 Å². The molecule has 1 aromatic heterocycles. The van der Waals surface area contributed by atoms with E-state index in [9.17, 15) is 14.4 Å². The van der Waals surface area contributed by atoms with Crippen molar-refractivity contribution in [2.45, 2.75) is 39.2 Å². The molecule has 22 heavy (non-hydrogen) atoms. The molecule has 1 aromatic rings. The van der Waals surface area contributed by atoms with Crippen molar-refractivity contribution in [3.8, 4) is 0 Å². The van der Waals surface area contributed by atoms with Gasteiger partial charge in [-0.2, -0.15) is 0 Å². The largest absolute Gasteiger partial charge is 0.477 e.